The van der Waals surface area contributed by atoms with Gasteiger partial charge in [0.1, 0.15) is 5.65 Å². The number of amides is 2. The minimum absolute atomic E-state index is 0.141. The van der Waals surface area contributed by atoms with Gasteiger partial charge in [0.05, 0.1) is 12.2 Å². The molecular weight excluding hydrogens is 336 g/mol. The maximum atomic E-state index is 11.6. The Morgan fingerprint density at radius 3 is 2.90 bits per heavy atom. The monoisotopic (exact) mass is 350 g/mol. The van der Waals surface area contributed by atoms with Gasteiger partial charge in [0.15, 0.2) is 0 Å². The van der Waals surface area contributed by atoms with Crippen LogP contribution in [0.15, 0.2) is 41.7 Å². The minimum atomic E-state index is -0.284. The second kappa shape index (κ2) is 7.03. The highest BCUT2D eigenvalue weighted by Crippen LogP contribution is 2.12. The zero-order valence-electron chi connectivity index (χ0n) is 11.3. The molecule has 6 nitrogen and oxygen atoms in total. The fraction of sp³-hybridized carbons (Fsp3) is 0.214. The molecule has 0 fully saturated rings. The summed E-state index contributed by atoms with van der Waals surface area (Å²) >= 11 is 3.39. The molecular formula is C14H15BrN4O2. The summed E-state index contributed by atoms with van der Waals surface area (Å²) in [6, 6.07) is 3.80. The van der Waals surface area contributed by atoms with Crippen LogP contribution in [0.4, 0.5) is 0 Å². The fourth-order valence-electron chi connectivity index (χ4n) is 1.75. The van der Waals surface area contributed by atoms with E-state index in [2.05, 4.69) is 38.1 Å². The molecule has 2 rings (SSSR count). The molecule has 0 aliphatic rings. The van der Waals surface area contributed by atoms with Crippen LogP contribution in [0.25, 0.3) is 5.65 Å². The van der Waals surface area contributed by atoms with Crippen molar-refractivity contribution >= 4 is 33.4 Å². The van der Waals surface area contributed by atoms with Gasteiger partial charge in [0.2, 0.25) is 11.8 Å². The Kier molecular flexibility index (Phi) is 5.10. The van der Waals surface area contributed by atoms with Crippen LogP contribution in [0.1, 0.15) is 12.1 Å². The molecule has 2 heterocycles. The Labute approximate surface area is 130 Å². The molecule has 0 saturated heterocycles. The lowest BCUT2D eigenvalue weighted by Crippen LogP contribution is -2.29. The normalized spacial score (nSPS) is 10.3. The van der Waals surface area contributed by atoms with Crippen molar-refractivity contribution in [1.29, 1.82) is 0 Å². The van der Waals surface area contributed by atoms with E-state index in [4.69, 9.17) is 0 Å². The maximum Gasteiger partial charge on any atom is 0.243 e. The molecule has 7 heteroatoms. The number of carbonyl (C=O) groups excluding carboxylic acids is 2. The molecule has 0 aliphatic heterocycles. The number of hydrogen-bond donors (Lipinski definition) is 2. The van der Waals surface area contributed by atoms with Crippen molar-refractivity contribution in [1.82, 2.24) is 20.0 Å². The van der Waals surface area contributed by atoms with Crippen molar-refractivity contribution in [2.24, 2.45) is 0 Å². The van der Waals surface area contributed by atoms with Gasteiger partial charge in [0, 0.05) is 29.8 Å². The highest BCUT2D eigenvalue weighted by Gasteiger charge is 2.05. The zero-order valence-corrected chi connectivity index (χ0v) is 12.9. The van der Waals surface area contributed by atoms with E-state index in [1.54, 1.807) is 0 Å². The molecule has 110 valence electrons. The van der Waals surface area contributed by atoms with Crippen molar-refractivity contribution in [3.8, 4) is 0 Å². The quantitative estimate of drug-likeness (QED) is 0.773. The number of nitrogens with zero attached hydrogens (tertiary/aromatic N) is 2. The summed E-state index contributed by atoms with van der Waals surface area (Å²) in [5, 5.41) is 5.31. The van der Waals surface area contributed by atoms with Gasteiger partial charge in [-0.05, 0) is 34.1 Å². The van der Waals surface area contributed by atoms with Gasteiger partial charge in [-0.1, -0.05) is 6.58 Å². The van der Waals surface area contributed by atoms with Crippen LogP contribution in [0.2, 0.25) is 0 Å². The summed E-state index contributed by atoms with van der Waals surface area (Å²) in [5.74, 6) is -0.425. The molecule has 21 heavy (non-hydrogen) atoms. The van der Waals surface area contributed by atoms with Crippen molar-refractivity contribution in [3.05, 3.63) is 47.3 Å². The Balaban J connectivity index is 1.82. The van der Waals surface area contributed by atoms with E-state index in [0.29, 0.717) is 6.54 Å². The standard InChI is InChI=1S/C14H15BrN4O2/c1-2-13(20)16-6-5-14(21)17-7-11-9-19-8-10(15)3-4-12(19)18-11/h2-4,8-9H,1,5-7H2,(H,16,20)(H,17,21). The Morgan fingerprint density at radius 1 is 1.33 bits per heavy atom. The third kappa shape index (κ3) is 4.42. The molecule has 2 aromatic rings. The van der Waals surface area contributed by atoms with E-state index in [1.807, 2.05) is 28.9 Å². The number of carbonyl (C=O) groups is 2. The predicted molar refractivity (Wildman–Crippen MR) is 82.6 cm³/mol. The molecule has 2 aromatic heterocycles. The summed E-state index contributed by atoms with van der Waals surface area (Å²) < 4.78 is 2.84. The molecule has 0 aromatic carbocycles. The summed E-state index contributed by atoms with van der Waals surface area (Å²) in [5.41, 5.74) is 1.59. The first-order valence-electron chi connectivity index (χ1n) is 6.38. The summed E-state index contributed by atoms with van der Waals surface area (Å²) in [6.45, 7) is 3.98. The lowest BCUT2D eigenvalue weighted by molar-refractivity contribution is -0.121. The van der Waals surface area contributed by atoms with Crippen LogP contribution in [0.5, 0.6) is 0 Å². The van der Waals surface area contributed by atoms with Crippen LogP contribution in [0.3, 0.4) is 0 Å². The van der Waals surface area contributed by atoms with Gasteiger partial charge in [-0.25, -0.2) is 4.98 Å². The lowest BCUT2D eigenvalue weighted by atomic mass is 10.3. The smallest absolute Gasteiger partial charge is 0.243 e. The summed E-state index contributed by atoms with van der Waals surface area (Å²) in [7, 11) is 0. The molecule has 0 saturated carbocycles. The van der Waals surface area contributed by atoms with E-state index in [-0.39, 0.29) is 24.8 Å². The molecule has 0 atom stereocenters. The largest absolute Gasteiger partial charge is 0.352 e. The van der Waals surface area contributed by atoms with E-state index < -0.39 is 0 Å². The van der Waals surface area contributed by atoms with E-state index >= 15 is 0 Å². The first kappa shape index (κ1) is 15.2. The van der Waals surface area contributed by atoms with Gasteiger partial charge < -0.3 is 15.0 Å². The van der Waals surface area contributed by atoms with Gasteiger partial charge >= 0.3 is 0 Å². The van der Waals surface area contributed by atoms with E-state index in [1.165, 1.54) is 6.08 Å². The molecule has 2 N–H and O–H groups in total. The second-order valence-electron chi connectivity index (χ2n) is 4.37. The van der Waals surface area contributed by atoms with Gasteiger partial charge in [-0.2, -0.15) is 0 Å². The van der Waals surface area contributed by atoms with Crippen LogP contribution < -0.4 is 10.6 Å². The minimum Gasteiger partial charge on any atom is -0.352 e. The highest BCUT2D eigenvalue weighted by molar-refractivity contribution is 9.10. The number of imidazole rings is 1. The Hall–Kier alpha value is -2.15. The van der Waals surface area contributed by atoms with Gasteiger partial charge in [0.25, 0.3) is 0 Å². The van der Waals surface area contributed by atoms with Crippen molar-refractivity contribution in [2.75, 3.05) is 6.54 Å². The lowest BCUT2D eigenvalue weighted by Gasteiger charge is -2.03. The summed E-state index contributed by atoms with van der Waals surface area (Å²) in [6.07, 6.45) is 5.16. The molecule has 0 bridgehead atoms. The topological polar surface area (TPSA) is 75.5 Å². The number of rotatable bonds is 6. The average molecular weight is 351 g/mol. The van der Waals surface area contributed by atoms with Crippen LogP contribution in [-0.4, -0.2) is 27.7 Å². The van der Waals surface area contributed by atoms with Crippen LogP contribution in [-0.2, 0) is 16.1 Å². The van der Waals surface area contributed by atoms with E-state index in [0.717, 1.165) is 15.8 Å². The van der Waals surface area contributed by atoms with Crippen molar-refractivity contribution in [3.63, 3.8) is 0 Å². The first-order valence-corrected chi connectivity index (χ1v) is 7.18. The van der Waals surface area contributed by atoms with Gasteiger partial charge in [-0.3, -0.25) is 9.59 Å². The summed E-state index contributed by atoms with van der Waals surface area (Å²) in [4.78, 5) is 26.9. The van der Waals surface area contributed by atoms with E-state index in [9.17, 15) is 9.59 Å². The Bertz CT molecular complexity index is 681. The number of nitrogens with one attached hydrogen (secondary N) is 2. The molecule has 0 radical (unpaired) electrons. The molecule has 0 spiro atoms. The first-order chi connectivity index (χ1) is 10.1. The van der Waals surface area contributed by atoms with Crippen LogP contribution in [0, 0.1) is 0 Å². The highest BCUT2D eigenvalue weighted by atomic mass is 79.9. The third-order valence-corrected chi connectivity index (χ3v) is 3.24. The number of fused-ring (bicyclic) bond motifs is 1. The molecule has 0 unspecified atom stereocenters. The van der Waals surface area contributed by atoms with Gasteiger partial charge in [-0.15, -0.1) is 0 Å². The SMILES string of the molecule is C=CC(=O)NCCC(=O)NCc1cn2cc(Br)ccc2n1. The van der Waals surface area contributed by atoms with Crippen LogP contribution >= 0.6 is 15.9 Å². The Morgan fingerprint density at radius 2 is 2.14 bits per heavy atom. The molecule has 0 aliphatic carbocycles. The third-order valence-electron chi connectivity index (χ3n) is 2.77. The maximum absolute atomic E-state index is 11.6. The number of pyridine rings is 1. The molecule has 2 amide bonds. The van der Waals surface area contributed by atoms with Crippen molar-refractivity contribution < 1.29 is 9.59 Å². The predicted octanol–water partition coefficient (Wildman–Crippen LogP) is 1.41. The number of halogens is 1. The number of hydrogen-bond acceptors (Lipinski definition) is 3. The number of aromatic nitrogens is 2. The average Bonchev–Trinajstić information content (AvgIpc) is 2.86. The zero-order chi connectivity index (χ0) is 15.2. The second-order valence-corrected chi connectivity index (χ2v) is 5.28. The van der Waals surface area contributed by atoms with Crippen molar-refractivity contribution in [2.45, 2.75) is 13.0 Å². The fourth-order valence-corrected chi connectivity index (χ4v) is 2.10.